The number of urea groups is 1. The van der Waals surface area contributed by atoms with Crippen LogP contribution < -0.4 is 15.4 Å². The van der Waals surface area contributed by atoms with Crippen LogP contribution in [0.2, 0.25) is 5.02 Å². The zero-order valence-corrected chi connectivity index (χ0v) is 18.5. The van der Waals surface area contributed by atoms with Crippen molar-refractivity contribution >= 4 is 35.3 Å². The van der Waals surface area contributed by atoms with Gasteiger partial charge in [-0.25, -0.2) is 9.18 Å². The quantitative estimate of drug-likeness (QED) is 0.507. The number of carbonyl (C=O) groups is 2. The van der Waals surface area contributed by atoms with Crippen molar-refractivity contribution in [2.75, 3.05) is 7.11 Å². The fraction of sp³-hybridized carbons (Fsp3) is 0.238. The van der Waals surface area contributed by atoms with Gasteiger partial charge in [-0.15, -0.1) is 10.2 Å². The maximum atomic E-state index is 14.2. The normalized spacial score (nSPS) is 15.9. The number of methoxy groups -OCH3 is 1. The third kappa shape index (κ3) is 4.86. The van der Waals surface area contributed by atoms with E-state index in [0.29, 0.717) is 33.7 Å². The Balaban J connectivity index is 1.65. The van der Waals surface area contributed by atoms with E-state index in [1.807, 2.05) is 16.7 Å². The van der Waals surface area contributed by atoms with E-state index in [-0.39, 0.29) is 18.1 Å². The molecular formula is C21H19ClFN5O3S. The molecule has 1 fully saturated rings. The third-order valence-corrected chi connectivity index (χ3v) is 6.20. The monoisotopic (exact) mass is 475 g/mol. The fourth-order valence-electron chi connectivity index (χ4n) is 3.34. The summed E-state index contributed by atoms with van der Waals surface area (Å²) < 4.78 is 21.3. The molecule has 1 aliphatic heterocycles. The first kappa shape index (κ1) is 22.1. The maximum absolute atomic E-state index is 14.2. The second kappa shape index (κ2) is 9.58. The molecule has 2 heterocycles. The largest absolute Gasteiger partial charge is 0.497 e. The van der Waals surface area contributed by atoms with Crippen LogP contribution in [0, 0.1) is 5.82 Å². The Morgan fingerprint density at radius 1 is 1.22 bits per heavy atom. The van der Waals surface area contributed by atoms with Gasteiger partial charge in [0.15, 0.2) is 5.16 Å². The predicted octanol–water partition coefficient (Wildman–Crippen LogP) is 3.50. The second-order valence-corrected chi connectivity index (χ2v) is 8.40. The Labute approximate surface area is 192 Å². The fourth-order valence-corrected chi connectivity index (χ4v) is 4.66. The summed E-state index contributed by atoms with van der Waals surface area (Å²) in [5.74, 6) is 0.751. The van der Waals surface area contributed by atoms with Gasteiger partial charge < -0.3 is 10.1 Å². The molecule has 0 aliphatic carbocycles. The van der Waals surface area contributed by atoms with Crippen molar-refractivity contribution in [1.82, 2.24) is 25.4 Å². The van der Waals surface area contributed by atoms with Crippen LogP contribution in [0.1, 0.15) is 17.8 Å². The highest BCUT2D eigenvalue weighted by molar-refractivity contribution is 7.98. The van der Waals surface area contributed by atoms with Gasteiger partial charge >= 0.3 is 6.03 Å². The van der Waals surface area contributed by atoms with Crippen molar-refractivity contribution in [3.05, 3.63) is 64.7 Å². The van der Waals surface area contributed by atoms with Gasteiger partial charge in [-0.3, -0.25) is 14.7 Å². The molecule has 0 bridgehead atoms. The van der Waals surface area contributed by atoms with E-state index in [9.17, 15) is 14.0 Å². The molecule has 11 heteroatoms. The molecule has 3 aromatic rings. The molecule has 2 aromatic carbocycles. The number of amides is 3. The summed E-state index contributed by atoms with van der Waals surface area (Å²) in [6.45, 7) is 0. The Bertz CT molecular complexity index is 1120. The molecule has 3 amide bonds. The van der Waals surface area contributed by atoms with Gasteiger partial charge in [0.2, 0.25) is 5.91 Å². The maximum Gasteiger partial charge on any atom is 0.321 e. The number of benzene rings is 2. The number of nitrogens with zero attached hydrogens (tertiary/aromatic N) is 3. The summed E-state index contributed by atoms with van der Waals surface area (Å²) in [5, 5.41) is 14.4. The summed E-state index contributed by atoms with van der Waals surface area (Å²) in [6, 6.07) is 10.9. The minimum absolute atomic E-state index is 0.133. The number of aromatic nitrogens is 3. The van der Waals surface area contributed by atoms with E-state index in [1.165, 1.54) is 17.8 Å². The van der Waals surface area contributed by atoms with E-state index < -0.39 is 17.9 Å². The summed E-state index contributed by atoms with van der Waals surface area (Å²) >= 11 is 7.44. The van der Waals surface area contributed by atoms with E-state index in [0.717, 1.165) is 5.69 Å². The SMILES string of the molecule is COc1ccc(-n2c(CC3CC(=O)NC(=O)N3)nnc2SCc2c(F)cccc2Cl)cc1. The molecule has 166 valence electrons. The standard InChI is InChI=1S/C21H19ClFN5O3S/c1-31-14-7-5-13(6-8-14)28-18(9-12-10-19(29)25-20(30)24-12)26-27-21(28)32-11-15-16(22)3-2-4-17(15)23/h2-8,12H,9-11H2,1H3,(H2,24,25,29,30). The molecule has 4 rings (SSSR count). The van der Waals surface area contributed by atoms with Crippen LogP contribution >= 0.6 is 23.4 Å². The highest BCUT2D eigenvalue weighted by Gasteiger charge is 2.27. The van der Waals surface area contributed by atoms with Crippen molar-refractivity contribution in [3.63, 3.8) is 0 Å². The first-order valence-corrected chi connectivity index (χ1v) is 11.1. The molecule has 1 aromatic heterocycles. The van der Waals surface area contributed by atoms with Crippen molar-refractivity contribution in [3.8, 4) is 11.4 Å². The summed E-state index contributed by atoms with van der Waals surface area (Å²) in [6.07, 6.45) is 0.424. The van der Waals surface area contributed by atoms with Crippen LogP contribution in [-0.4, -0.2) is 39.9 Å². The van der Waals surface area contributed by atoms with E-state index in [1.54, 1.807) is 31.4 Å². The topological polar surface area (TPSA) is 98.1 Å². The summed E-state index contributed by atoms with van der Waals surface area (Å²) in [7, 11) is 1.58. The lowest BCUT2D eigenvalue weighted by Gasteiger charge is -2.23. The summed E-state index contributed by atoms with van der Waals surface area (Å²) in [5.41, 5.74) is 1.14. The molecular weight excluding hydrogens is 457 g/mol. The number of thioether (sulfide) groups is 1. The minimum atomic E-state index is -0.537. The Hall–Kier alpha value is -3.11. The average Bonchev–Trinajstić information content (AvgIpc) is 3.15. The van der Waals surface area contributed by atoms with Gasteiger partial charge in [0.1, 0.15) is 17.4 Å². The number of rotatable bonds is 7. The molecule has 32 heavy (non-hydrogen) atoms. The van der Waals surface area contributed by atoms with Gasteiger partial charge in [-0.2, -0.15) is 0 Å². The van der Waals surface area contributed by atoms with Crippen LogP contribution in [0.3, 0.4) is 0 Å². The van der Waals surface area contributed by atoms with E-state index in [2.05, 4.69) is 20.8 Å². The smallest absolute Gasteiger partial charge is 0.321 e. The highest BCUT2D eigenvalue weighted by atomic mass is 35.5. The lowest BCUT2D eigenvalue weighted by Crippen LogP contribution is -2.53. The van der Waals surface area contributed by atoms with Crippen molar-refractivity contribution in [2.24, 2.45) is 0 Å². The molecule has 0 saturated carbocycles. The van der Waals surface area contributed by atoms with E-state index >= 15 is 0 Å². The molecule has 1 aliphatic rings. The molecule has 1 saturated heterocycles. The van der Waals surface area contributed by atoms with Crippen LogP contribution in [-0.2, 0) is 17.0 Å². The van der Waals surface area contributed by atoms with Crippen LogP contribution in [0.15, 0.2) is 47.6 Å². The average molecular weight is 476 g/mol. The number of nitrogens with one attached hydrogen (secondary N) is 2. The van der Waals surface area contributed by atoms with E-state index in [4.69, 9.17) is 16.3 Å². The van der Waals surface area contributed by atoms with Crippen molar-refractivity contribution in [2.45, 2.75) is 29.8 Å². The number of hydrogen-bond acceptors (Lipinski definition) is 6. The third-order valence-electron chi connectivity index (χ3n) is 4.89. The molecule has 2 N–H and O–H groups in total. The minimum Gasteiger partial charge on any atom is -0.497 e. The van der Waals surface area contributed by atoms with Gasteiger partial charge in [0.25, 0.3) is 0 Å². The van der Waals surface area contributed by atoms with Crippen molar-refractivity contribution < 1.29 is 18.7 Å². The Morgan fingerprint density at radius 2 is 2.00 bits per heavy atom. The predicted molar refractivity (Wildman–Crippen MR) is 118 cm³/mol. The van der Waals surface area contributed by atoms with Crippen molar-refractivity contribution in [1.29, 1.82) is 0 Å². The zero-order chi connectivity index (χ0) is 22.7. The number of hydrogen-bond donors (Lipinski definition) is 2. The number of ether oxygens (including phenoxy) is 1. The lowest BCUT2D eigenvalue weighted by molar-refractivity contribution is -0.121. The number of halogens is 2. The second-order valence-electron chi connectivity index (χ2n) is 7.05. The Morgan fingerprint density at radius 3 is 2.69 bits per heavy atom. The molecule has 8 nitrogen and oxygen atoms in total. The molecule has 1 atom stereocenters. The first-order chi connectivity index (χ1) is 15.4. The number of carbonyl (C=O) groups excluding carboxylic acids is 2. The van der Waals surface area contributed by atoms with Gasteiger partial charge in [-0.05, 0) is 36.4 Å². The molecule has 1 unspecified atom stereocenters. The van der Waals surface area contributed by atoms with Gasteiger partial charge in [0, 0.05) is 40.9 Å². The first-order valence-electron chi connectivity index (χ1n) is 9.69. The van der Waals surface area contributed by atoms with Gasteiger partial charge in [0.05, 0.1) is 7.11 Å². The molecule has 0 radical (unpaired) electrons. The van der Waals surface area contributed by atoms with Crippen LogP contribution in [0.25, 0.3) is 5.69 Å². The van der Waals surface area contributed by atoms with Crippen LogP contribution in [0.4, 0.5) is 9.18 Å². The lowest BCUT2D eigenvalue weighted by atomic mass is 10.1. The zero-order valence-electron chi connectivity index (χ0n) is 17.0. The van der Waals surface area contributed by atoms with Gasteiger partial charge in [-0.1, -0.05) is 29.4 Å². The molecule has 0 spiro atoms. The van der Waals surface area contributed by atoms with Crippen LogP contribution in [0.5, 0.6) is 5.75 Å². The summed E-state index contributed by atoms with van der Waals surface area (Å²) in [4.78, 5) is 23.4. The number of imide groups is 1. The highest BCUT2D eigenvalue weighted by Crippen LogP contribution is 2.30. The Kier molecular flexibility index (Phi) is 6.61.